The van der Waals surface area contributed by atoms with Gasteiger partial charge in [0.1, 0.15) is 11.5 Å². The van der Waals surface area contributed by atoms with Crippen molar-refractivity contribution in [3.05, 3.63) is 94.0 Å². The van der Waals surface area contributed by atoms with Gasteiger partial charge in [0.15, 0.2) is 23.0 Å². The lowest BCUT2D eigenvalue weighted by molar-refractivity contribution is -0.132. The second-order valence-corrected chi connectivity index (χ2v) is 14.0. The summed E-state index contributed by atoms with van der Waals surface area (Å²) in [5, 5.41) is 0. The fourth-order valence-electron chi connectivity index (χ4n) is 8.01. The second kappa shape index (κ2) is 16.8. The van der Waals surface area contributed by atoms with E-state index in [0.717, 1.165) is 33.4 Å². The average Bonchev–Trinajstić information content (AvgIpc) is 3.17. The highest BCUT2D eigenvalue weighted by Gasteiger charge is 2.33. The van der Waals surface area contributed by atoms with Crippen LogP contribution in [0, 0.1) is 0 Å². The molecule has 56 heavy (non-hydrogen) atoms. The summed E-state index contributed by atoms with van der Waals surface area (Å²) in [6.07, 6.45) is 2.17. The SMILES string of the molecule is COc1cc2c(cc1OC)[C@H](Cc1ccc(OC(C)=O)c(-c3cc(C[C@H]4c5cc(OC)c(OC)cc5CCN4C(C)=O)ccc3OC(C)=O)c1)N(C(C)=O)CC2. The Labute approximate surface area is 327 Å². The van der Waals surface area contributed by atoms with E-state index in [9.17, 15) is 19.2 Å². The Morgan fingerprint density at radius 2 is 0.875 bits per heavy atom. The Hall–Kier alpha value is -6.04. The van der Waals surface area contributed by atoms with Gasteiger partial charge in [-0.15, -0.1) is 0 Å². The van der Waals surface area contributed by atoms with E-state index in [0.29, 0.717) is 72.9 Å². The lowest BCUT2D eigenvalue weighted by Crippen LogP contribution is -2.39. The maximum atomic E-state index is 13.0. The number of benzene rings is 4. The van der Waals surface area contributed by atoms with Crippen molar-refractivity contribution >= 4 is 23.8 Å². The molecule has 12 nitrogen and oxygen atoms in total. The highest BCUT2D eigenvalue weighted by molar-refractivity contribution is 5.83. The van der Waals surface area contributed by atoms with Crippen molar-refractivity contribution in [3.8, 4) is 45.6 Å². The average molecular weight is 765 g/mol. The van der Waals surface area contributed by atoms with Crippen molar-refractivity contribution in [2.24, 2.45) is 0 Å². The number of amides is 2. The fourth-order valence-corrected chi connectivity index (χ4v) is 8.01. The number of hydrogen-bond donors (Lipinski definition) is 0. The molecule has 4 aromatic rings. The van der Waals surface area contributed by atoms with Crippen molar-refractivity contribution in [3.63, 3.8) is 0 Å². The summed E-state index contributed by atoms with van der Waals surface area (Å²) in [4.78, 5) is 54.7. The van der Waals surface area contributed by atoms with Crippen LogP contribution in [0.15, 0.2) is 60.7 Å². The molecule has 0 saturated heterocycles. The van der Waals surface area contributed by atoms with Gasteiger partial charge in [0.2, 0.25) is 11.8 Å². The fraction of sp³-hybridized carbons (Fsp3) is 0.364. The van der Waals surface area contributed by atoms with Crippen molar-refractivity contribution in [2.45, 2.75) is 65.5 Å². The summed E-state index contributed by atoms with van der Waals surface area (Å²) < 4.78 is 34.0. The zero-order chi connectivity index (χ0) is 40.3. The molecule has 4 aromatic carbocycles. The van der Waals surface area contributed by atoms with E-state index in [1.165, 1.54) is 13.8 Å². The molecule has 294 valence electrons. The first-order valence-corrected chi connectivity index (χ1v) is 18.5. The molecule has 0 bridgehead atoms. The standard InChI is InChI=1S/C44H48N2O10/c1-25(47)45-15-13-31-21-41(51-5)43(53-7)23-33(31)37(45)19-29-9-11-39(55-27(3)49)35(17-29)36-18-30(10-12-40(36)56-28(4)50)20-38-34-24-44(54-8)42(52-6)22-32(34)14-16-46(38)26(2)48/h9-12,17-18,21-24,37-38H,13-16,19-20H2,1-8H3/t37-,38-/m0/s1. The second-order valence-electron chi connectivity index (χ2n) is 14.0. The summed E-state index contributed by atoms with van der Waals surface area (Å²) in [7, 11) is 6.36. The van der Waals surface area contributed by atoms with E-state index in [1.54, 1.807) is 54.4 Å². The first-order chi connectivity index (χ1) is 26.8. The largest absolute Gasteiger partial charge is 0.493 e. The van der Waals surface area contributed by atoms with Gasteiger partial charge in [-0.3, -0.25) is 19.2 Å². The molecule has 2 amide bonds. The number of methoxy groups -OCH3 is 4. The number of fused-ring (bicyclic) bond motifs is 2. The molecule has 6 rings (SSSR count). The third kappa shape index (κ3) is 8.14. The molecule has 0 unspecified atom stereocenters. The molecule has 0 fully saturated rings. The van der Waals surface area contributed by atoms with Crippen LogP contribution in [-0.2, 0) is 44.9 Å². The highest BCUT2D eigenvalue weighted by Crippen LogP contribution is 2.44. The van der Waals surface area contributed by atoms with Gasteiger partial charge in [0.05, 0.1) is 40.5 Å². The molecule has 2 aliphatic heterocycles. The quantitative estimate of drug-likeness (QED) is 0.121. The maximum Gasteiger partial charge on any atom is 0.308 e. The Morgan fingerprint density at radius 1 is 0.518 bits per heavy atom. The number of carbonyl (C=O) groups excluding carboxylic acids is 4. The maximum absolute atomic E-state index is 13.0. The first kappa shape index (κ1) is 39.6. The molecule has 0 spiro atoms. The highest BCUT2D eigenvalue weighted by atomic mass is 16.5. The van der Waals surface area contributed by atoms with E-state index >= 15 is 0 Å². The smallest absolute Gasteiger partial charge is 0.308 e. The lowest BCUT2D eigenvalue weighted by Gasteiger charge is -2.37. The predicted molar refractivity (Wildman–Crippen MR) is 209 cm³/mol. The Bertz CT molecular complexity index is 2030. The minimum absolute atomic E-state index is 0.0583. The van der Waals surface area contributed by atoms with Crippen LogP contribution in [0.2, 0.25) is 0 Å². The van der Waals surface area contributed by atoms with E-state index in [-0.39, 0.29) is 35.4 Å². The monoisotopic (exact) mass is 764 g/mol. The van der Waals surface area contributed by atoms with Gasteiger partial charge < -0.3 is 38.2 Å². The predicted octanol–water partition coefficient (Wildman–Crippen LogP) is 6.62. The molecule has 12 heteroatoms. The summed E-state index contributed by atoms with van der Waals surface area (Å²) in [5.74, 6) is 1.77. The number of ether oxygens (including phenoxy) is 6. The van der Waals surface area contributed by atoms with E-state index in [1.807, 2.05) is 58.3 Å². The van der Waals surface area contributed by atoms with Crippen LogP contribution in [0.4, 0.5) is 0 Å². The molecular weight excluding hydrogens is 716 g/mol. The van der Waals surface area contributed by atoms with Gasteiger partial charge in [-0.25, -0.2) is 0 Å². The number of hydrogen-bond acceptors (Lipinski definition) is 10. The van der Waals surface area contributed by atoms with Crippen molar-refractivity contribution in [2.75, 3.05) is 41.5 Å². The Balaban J connectivity index is 1.46. The molecule has 0 N–H and O–H groups in total. The molecule has 2 atom stereocenters. The topological polar surface area (TPSA) is 130 Å². The van der Waals surface area contributed by atoms with Gasteiger partial charge in [0.25, 0.3) is 0 Å². The van der Waals surface area contributed by atoms with Crippen LogP contribution in [0.1, 0.15) is 73.2 Å². The van der Waals surface area contributed by atoms with Gasteiger partial charge in [-0.1, -0.05) is 12.1 Å². The van der Waals surface area contributed by atoms with Gasteiger partial charge in [-0.05, 0) is 108 Å². The number of nitrogens with zero attached hydrogens (tertiary/aromatic N) is 2. The molecule has 0 radical (unpaired) electrons. The van der Waals surface area contributed by atoms with E-state index in [2.05, 4.69) is 0 Å². The minimum atomic E-state index is -0.519. The minimum Gasteiger partial charge on any atom is -0.493 e. The van der Waals surface area contributed by atoms with Crippen LogP contribution in [0.25, 0.3) is 11.1 Å². The lowest BCUT2D eigenvalue weighted by atomic mass is 9.86. The van der Waals surface area contributed by atoms with Crippen LogP contribution >= 0.6 is 0 Å². The van der Waals surface area contributed by atoms with E-state index in [4.69, 9.17) is 28.4 Å². The van der Waals surface area contributed by atoms with Gasteiger partial charge >= 0.3 is 11.9 Å². The van der Waals surface area contributed by atoms with Crippen LogP contribution in [0.3, 0.4) is 0 Å². The summed E-state index contributed by atoms with van der Waals surface area (Å²) in [5.41, 5.74) is 6.76. The van der Waals surface area contributed by atoms with Crippen molar-refractivity contribution in [1.29, 1.82) is 0 Å². The number of rotatable bonds is 11. The Kier molecular flexibility index (Phi) is 11.9. The summed E-state index contributed by atoms with van der Waals surface area (Å²) >= 11 is 0. The number of esters is 2. The third-order valence-corrected chi connectivity index (χ3v) is 10.6. The zero-order valence-corrected chi connectivity index (χ0v) is 33.1. The third-order valence-electron chi connectivity index (χ3n) is 10.6. The summed E-state index contributed by atoms with van der Waals surface area (Å²) in [6, 6.07) is 18.1. The van der Waals surface area contributed by atoms with Crippen molar-refractivity contribution in [1.82, 2.24) is 9.80 Å². The van der Waals surface area contributed by atoms with Crippen LogP contribution in [0.5, 0.6) is 34.5 Å². The molecule has 2 aliphatic rings. The van der Waals surface area contributed by atoms with E-state index < -0.39 is 11.9 Å². The molecule has 2 heterocycles. The summed E-state index contributed by atoms with van der Waals surface area (Å²) in [6.45, 7) is 6.84. The molecule has 0 saturated carbocycles. The normalized spacial score (nSPS) is 15.9. The van der Waals surface area contributed by atoms with Crippen LogP contribution in [-0.4, -0.2) is 75.1 Å². The van der Waals surface area contributed by atoms with Gasteiger partial charge in [-0.2, -0.15) is 0 Å². The Morgan fingerprint density at radius 3 is 1.20 bits per heavy atom. The molecular formula is C44H48N2O10. The van der Waals surface area contributed by atoms with Crippen molar-refractivity contribution < 1.29 is 47.6 Å². The van der Waals surface area contributed by atoms with Crippen LogP contribution < -0.4 is 28.4 Å². The molecule has 0 aliphatic carbocycles. The van der Waals surface area contributed by atoms with Gasteiger partial charge in [0, 0.05) is 51.9 Å². The zero-order valence-electron chi connectivity index (χ0n) is 33.1. The molecule has 0 aromatic heterocycles. The first-order valence-electron chi connectivity index (χ1n) is 18.5. The number of carbonyl (C=O) groups is 4.